The molecule has 82 valence electrons. The van der Waals surface area contributed by atoms with Gasteiger partial charge in [0.2, 0.25) is 0 Å². The maximum absolute atomic E-state index is 9.91. The van der Waals surface area contributed by atoms with Crippen LogP contribution in [0, 0.1) is 23.7 Å². The molecule has 2 saturated carbocycles. The molecule has 1 nitrogen and oxygen atoms in total. The average Bonchev–Trinajstić information content (AvgIpc) is 2.62. The molecular weight excluding hydrogens is 172 g/mol. The van der Waals surface area contributed by atoms with Crippen LogP contribution in [0.25, 0.3) is 0 Å². The summed E-state index contributed by atoms with van der Waals surface area (Å²) >= 11 is 0. The molecule has 2 bridgehead atoms. The van der Waals surface area contributed by atoms with Crippen molar-refractivity contribution in [3.05, 3.63) is 0 Å². The van der Waals surface area contributed by atoms with E-state index in [0.717, 1.165) is 30.6 Å². The van der Waals surface area contributed by atoms with Crippen molar-refractivity contribution < 1.29 is 5.11 Å². The summed E-state index contributed by atoms with van der Waals surface area (Å²) in [4.78, 5) is 0. The molecule has 4 atom stereocenters. The average molecular weight is 196 g/mol. The molecule has 1 heteroatoms. The Labute approximate surface area is 87.9 Å². The topological polar surface area (TPSA) is 20.2 Å². The van der Waals surface area contributed by atoms with Crippen molar-refractivity contribution in [1.29, 1.82) is 0 Å². The number of aliphatic hydroxyl groups is 1. The normalized spacial score (nSPS) is 38.1. The number of hydrogen-bond acceptors (Lipinski definition) is 1. The Morgan fingerprint density at radius 3 is 2.50 bits per heavy atom. The molecule has 4 unspecified atom stereocenters. The van der Waals surface area contributed by atoms with Crippen molar-refractivity contribution in [3.8, 4) is 0 Å². The molecule has 2 rings (SSSR count). The van der Waals surface area contributed by atoms with Crippen LogP contribution in [0.4, 0.5) is 0 Å². The Morgan fingerprint density at radius 1 is 1.21 bits per heavy atom. The highest BCUT2D eigenvalue weighted by Gasteiger charge is 2.39. The number of fused-ring (bicyclic) bond motifs is 2. The van der Waals surface area contributed by atoms with Gasteiger partial charge in [0.1, 0.15) is 0 Å². The zero-order valence-electron chi connectivity index (χ0n) is 9.58. The maximum Gasteiger partial charge on any atom is 0.0545 e. The van der Waals surface area contributed by atoms with Gasteiger partial charge < -0.3 is 5.11 Å². The SMILES string of the molecule is CC(C)CC(O)CC1CC2CCC1C2. The summed E-state index contributed by atoms with van der Waals surface area (Å²) in [6.45, 7) is 4.40. The molecule has 2 fully saturated rings. The molecule has 0 aliphatic heterocycles. The molecule has 0 aromatic rings. The van der Waals surface area contributed by atoms with Crippen LogP contribution >= 0.6 is 0 Å². The highest BCUT2D eigenvalue weighted by molar-refractivity contribution is 4.90. The quantitative estimate of drug-likeness (QED) is 0.732. The minimum absolute atomic E-state index is 0.0284. The first-order valence-electron chi connectivity index (χ1n) is 6.33. The van der Waals surface area contributed by atoms with E-state index in [1.807, 2.05) is 0 Å². The lowest BCUT2D eigenvalue weighted by atomic mass is 9.83. The van der Waals surface area contributed by atoms with Crippen LogP contribution in [-0.4, -0.2) is 11.2 Å². The third kappa shape index (κ3) is 2.31. The molecule has 2 aliphatic rings. The molecule has 14 heavy (non-hydrogen) atoms. The number of hydrogen-bond donors (Lipinski definition) is 1. The number of aliphatic hydroxyl groups excluding tert-OH is 1. The van der Waals surface area contributed by atoms with Gasteiger partial charge in [-0.15, -0.1) is 0 Å². The van der Waals surface area contributed by atoms with Gasteiger partial charge in [-0.25, -0.2) is 0 Å². The van der Waals surface area contributed by atoms with E-state index >= 15 is 0 Å². The lowest BCUT2D eigenvalue weighted by Gasteiger charge is -2.24. The molecule has 0 spiro atoms. The second-order valence-corrected chi connectivity index (χ2v) is 5.95. The lowest BCUT2D eigenvalue weighted by Crippen LogP contribution is -2.19. The van der Waals surface area contributed by atoms with Gasteiger partial charge in [-0.3, -0.25) is 0 Å². The Kier molecular flexibility index (Phi) is 3.16. The van der Waals surface area contributed by atoms with Crippen LogP contribution in [0.3, 0.4) is 0 Å². The summed E-state index contributed by atoms with van der Waals surface area (Å²) in [5, 5.41) is 9.91. The number of rotatable bonds is 4. The second kappa shape index (κ2) is 4.22. The van der Waals surface area contributed by atoms with E-state index in [2.05, 4.69) is 13.8 Å². The van der Waals surface area contributed by atoms with Crippen LogP contribution in [0.15, 0.2) is 0 Å². The minimum atomic E-state index is -0.0284. The van der Waals surface area contributed by atoms with Crippen molar-refractivity contribution in [2.24, 2.45) is 23.7 Å². The predicted molar refractivity (Wildman–Crippen MR) is 59.0 cm³/mol. The molecular formula is C13H24O. The highest BCUT2D eigenvalue weighted by atomic mass is 16.3. The molecule has 0 radical (unpaired) electrons. The van der Waals surface area contributed by atoms with E-state index in [9.17, 15) is 5.11 Å². The van der Waals surface area contributed by atoms with Gasteiger partial charge in [0.25, 0.3) is 0 Å². The van der Waals surface area contributed by atoms with Crippen molar-refractivity contribution in [2.45, 2.75) is 58.5 Å². The third-order valence-corrected chi connectivity index (χ3v) is 4.20. The van der Waals surface area contributed by atoms with Crippen molar-refractivity contribution in [1.82, 2.24) is 0 Å². The van der Waals surface area contributed by atoms with Crippen LogP contribution in [0.5, 0.6) is 0 Å². The smallest absolute Gasteiger partial charge is 0.0545 e. The van der Waals surface area contributed by atoms with Crippen molar-refractivity contribution in [2.75, 3.05) is 0 Å². The summed E-state index contributed by atoms with van der Waals surface area (Å²) in [5.41, 5.74) is 0. The Morgan fingerprint density at radius 2 is 2.00 bits per heavy atom. The van der Waals surface area contributed by atoms with E-state index in [1.54, 1.807) is 0 Å². The largest absolute Gasteiger partial charge is 0.393 e. The maximum atomic E-state index is 9.91. The molecule has 1 N–H and O–H groups in total. The van der Waals surface area contributed by atoms with Gasteiger partial charge in [0, 0.05) is 0 Å². The fraction of sp³-hybridized carbons (Fsp3) is 1.00. The first kappa shape index (κ1) is 10.5. The van der Waals surface area contributed by atoms with E-state index in [1.165, 1.54) is 25.7 Å². The zero-order chi connectivity index (χ0) is 10.1. The van der Waals surface area contributed by atoms with Gasteiger partial charge in [0.05, 0.1) is 6.10 Å². The molecule has 0 heterocycles. The first-order valence-corrected chi connectivity index (χ1v) is 6.33. The van der Waals surface area contributed by atoms with E-state index < -0.39 is 0 Å². The zero-order valence-corrected chi connectivity index (χ0v) is 9.58. The lowest BCUT2D eigenvalue weighted by molar-refractivity contribution is 0.105. The fourth-order valence-corrected chi connectivity index (χ4v) is 3.65. The van der Waals surface area contributed by atoms with Crippen LogP contribution in [0.2, 0.25) is 0 Å². The predicted octanol–water partition coefficient (Wildman–Crippen LogP) is 3.22. The fourth-order valence-electron chi connectivity index (χ4n) is 3.65. The van der Waals surface area contributed by atoms with E-state index in [4.69, 9.17) is 0 Å². The molecule has 0 saturated heterocycles. The third-order valence-electron chi connectivity index (χ3n) is 4.20. The van der Waals surface area contributed by atoms with Crippen LogP contribution < -0.4 is 0 Å². The molecule has 0 aromatic carbocycles. The summed E-state index contributed by atoms with van der Waals surface area (Å²) in [5.74, 6) is 3.50. The standard InChI is InChI=1S/C13H24O/c1-9(2)5-13(14)8-12-7-10-3-4-11(12)6-10/h9-14H,3-8H2,1-2H3. The van der Waals surface area contributed by atoms with Gasteiger partial charge in [0.15, 0.2) is 0 Å². The molecule has 2 aliphatic carbocycles. The van der Waals surface area contributed by atoms with E-state index in [-0.39, 0.29) is 6.10 Å². The summed E-state index contributed by atoms with van der Waals surface area (Å²) in [7, 11) is 0. The Balaban J connectivity index is 1.75. The monoisotopic (exact) mass is 196 g/mol. The Bertz CT molecular complexity index is 188. The summed E-state index contributed by atoms with van der Waals surface area (Å²) < 4.78 is 0. The molecule has 0 amide bonds. The Hall–Kier alpha value is -0.0400. The van der Waals surface area contributed by atoms with Gasteiger partial charge in [-0.1, -0.05) is 20.3 Å². The van der Waals surface area contributed by atoms with Crippen molar-refractivity contribution >= 4 is 0 Å². The minimum Gasteiger partial charge on any atom is -0.393 e. The van der Waals surface area contributed by atoms with E-state index in [0.29, 0.717) is 5.92 Å². The summed E-state index contributed by atoms with van der Waals surface area (Å²) in [6, 6.07) is 0. The van der Waals surface area contributed by atoms with Gasteiger partial charge in [-0.2, -0.15) is 0 Å². The highest BCUT2D eigenvalue weighted by Crippen LogP contribution is 2.50. The van der Waals surface area contributed by atoms with Crippen LogP contribution in [0.1, 0.15) is 52.4 Å². The summed E-state index contributed by atoms with van der Waals surface area (Å²) in [6.07, 6.45) is 7.86. The van der Waals surface area contributed by atoms with Gasteiger partial charge in [-0.05, 0) is 55.8 Å². The van der Waals surface area contributed by atoms with Crippen LogP contribution in [-0.2, 0) is 0 Å². The van der Waals surface area contributed by atoms with Gasteiger partial charge >= 0.3 is 0 Å². The molecule has 0 aromatic heterocycles. The second-order valence-electron chi connectivity index (χ2n) is 5.95. The first-order chi connectivity index (χ1) is 6.65. The van der Waals surface area contributed by atoms with Crippen molar-refractivity contribution in [3.63, 3.8) is 0 Å².